The molecule has 145 valence electrons. The van der Waals surface area contributed by atoms with Gasteiger partial charge in [-0.25, -0.2) is 54.2 Å². The van der Waals surface area contributed by atoms with Crippen LogP contribution in [0.1, 0.15) is 0 Å². The first-order valence-corrected chi connectivity index (χ1v) is 8.83. The molecule has 0 aromatic rings. The van der Waals surface area contributed by atoms with Crippen LogP contribution in [0, 0.1) is 0 Å². The molecule has 0 atom stereocenters. The molecule has 1 radical (unpaired) electrons. The summed E-state index contributed by atoms with van der Waals surface area (Å²) < 4.78 is 106. The van der Waals surface area contributed by atoms with E-state index in [-0.39, 0.29) is 33.6 Å². The molecule has 16 nitrogen and oxygen atoms in total. The third kappa shape index (κ3) is 32000. The number of hydrogen-bond donors (Lipinski definition) is 4. The van der Waals surface area contributed by atoms with Gasteiger partial charge in [-0.15, -0.1) is 0 Å². The van der Waals surface area contributed by atoms with Crippen LogP contribution >= 0.6 is 0 Å². The smallest absolute Gasteiger partial charge is 0.736 e. The zero-order valence-electron chi connectivity index (χ0n) is 9.46. The van der Waals surface area contributed by atoms with Crippen LogP contribution in [0.3, 0.4) is 0 Å². The summed E-state index contributed by atoms with van der Waals surface area (Å²) in [4.78, 5) is 0. The summed E-state index contributed by atoms with van der Waals surface area (Å²) >= 11 is 0. The predicted octanol–water partition coefficient (Wildman–Crippen LogP) is -6.38. The molecule has 22 heteroatoms. The van der Waals surface area contributed by atoms with Gasteiger partial charge >= 0.3 is 33.6 Å². The summed E-state index contributed by atoms with van der Waals surface area (Å²) in [6.07, 6.45) is 0. The molecule has 22 heavy (non-hydrogen) atoms. The molecular formula is H8CuN4NiO12S4. The Balaban J connectivity index is -0.0000000376. The van der Waals surface area contributed by atoms with Crippen LogP contribution in [0.4, 0.5) is 0 Å². The van der Waals surface area contributed by atoms with Crippen molar-refractivity contribution in [3.63, 3.8) is 0 Å². The molecule has 0 aromatic heterocycles. The molecule has 8 N–H and O–H groups in total. The number of nitrogens with two attached hydrogens (primary N) is 4. The molecule has 0 bridgehead atoms. The first-order valence-electron chi connectivity index (χ1n) is 2.94. The third-order valence-electron chi connectivity index (χ3n) is 0. The van der Waals surface area contributed by atoms with E-state index in [2.05, 4.69) is 20.6 Å². The molecule has 0 aromatic carbocycles. The second kappa shape index (κ2) is 15.0. The summed E-state index contributed by atoms with van der Waals surface area (Å²) in [5.74, 6) is 0. The minimum Gasteiger partial charge on any atom is -0.736 e. The van der Waals surface area contributed by atoms with Gasteiger partial charge in [0.15, 0.2) is 41.2 Å². The quantitative estimate of drug-likeness (QED) is 0.176. The van der Waals surface area contributed by atoms with Gasteiger partial charge < -0.3 is 18.2 Å². The fourth-order valence-corrected chi connectivity index (χ4v) is 0. The summed E-state index contributed by atoms with van der Waals surface area (Å²) in [7, 11) is -17.7. The van der Waals surface area contributed by atoms with Gasteiger partial charge in [-0.1, -0.05) is 0 Å². The van der Waals surface area contributed by atoms with Gasteiger partial charge in [0, 0.05) is 0 Å². The minimum atomic E-state index is -4.42. The molecule has 0 saturated heterocycles. The molecule has 0 rings (SSSR count). The van der Waals surface area contributed by atoms with Crippen LogP contribution in [0.2, 0.25) is 0 Å². The molecule has 0 amide bonds. The first kappa shape index (κ1) is 38.2. The predicted molar refractivity (Wildman–Crippen MR) is 55.5 cm³/mol. The Hall–Kier alpha value is 0.493. The van der Waals surface area contributed by atoms with Crippen molar-refractivity contribution in [3.05, 3.63) is 0 Å². The van der Waals surface area contributed by atoms with Crippen LogP contribution in [-0.2, 0) is 74.8 Å². The molecule has 0 fully saturated rings. The Bertz CT molecular complexity index is 492. The zero-order valence-corrected chi connectivity index (χ0v) is 14.7. The van der Waals surface area contributed by atoms with Crippen LogP contribution in [0.5, 0.6) is 0 Å². The van der Waals surface area contributed by atoms with Crippen molar-refractivity contribution in [2.75, 3.05) is 0 Å². The SMILES string of the molecule is NS(=O)(=O)[O-].NS(=O)(=O)[O-].NS(=O)(=O)[O-].NS(=O)(=O)[O-].[Cu+2].[Ni+2]. The van der Waals surface area contributed by atoms with E-state index in [1.807, 2.05) is 0 Å². The maximum atomic E-state index is 8.85. The molecule has 0 spiro atoms. The van der Waals surface area contributed by atoms with Crippen molar-refractivity contribution in [1.82, 2.24) is 0 Å². The largest absolute Gasteiger partial charge is 2.00 e. The fraction of sp³-hybridized carbons (Fsp3) is 0. The average molecular weight is 507 g/mol. The van der Waals surface area contributed by atoms with Gasteiger partial charge in [0.2, 0.25) is 0 Å². The summed E-state index contributed by atoms with van der Waals surface area (Å²) in [5, 5.41) is 15.1. The zero-order chi connectivity index (χ0) is 18.0. The van der Waals surface area contributed by atoms with Gasteiger partial charge in [-0.2, -0.15) is 0 Å². The Kier molecular flexibility index (Phi) is 26.1. The van der Waals surface area contributed by atoms with Gasteiger partial charge in [0.25, 0.3) is 0 Å². The Morgan fingerprint density at radius 1 is 0.455 bits per heavy atom. The van der Waals surface area contributed by atoms with Gasteiger partial charge in [0.05, 0.1) is 0 Å². The van der Waals surface area contributed by atoms with E-state index in [0.29, 0.717) is 0 Å². The van der Waals surface area contributed by atoms with Crippen LogP contribution in [0.25, 0.3) is 0 Å². The van der Waals surface area contributed by atoms with E-state index >= 15 is 0 Å². The second-order valence-electron chi connectivity index (χ2n) is 1.97. The fourth-order valence-electron chi connectivity index (χ4n) is 0. The minimum absolute atomic E-state index is 0. The normalized spacial score (nSPS) is 10.5. The molecule has 0 aliphatic rings. The number of rotatable bonds is 0. The molecule has 0 aliphatic heterocycles. The molecular weight excluding hydrogens is 499 g/mol. The van der Waals surface area contributed by atoms with E-state index in [4.69, 9.17) is 51.9 Å². The van der Waals surface area contributed by atoms with Crippen molar-refractivity contribution >= 4 is 41.2 Å². The summed E-state index contributed by atoms with van der Waals surface area (Å²) in [6, 6.07) is 0. The van der Waals surface area contributed by atoms with E-state index in [9.17, 15) is 0 Å². The molecule has 0 unspecified atom stereocenters. The topological polar surface area (TPSA) is 333 Å². The van der Waals surface area contributed by atoms with Gasteiger partial charge in [-0.05, 0) is 0 Å². The van der Waals surface area contributed by atoms with Crippen molar-refractivity contribution in [2.45, 2.75) is 0 Å². The average Bonchev–Trinajstić information content (AvgIpc) is 1.62. The van der Waals surface area contributed by atoms with Crippen molar-refractivity contribution in [2.24, 2.45) is 20.6 Å². The van der Waals surface area contributed by atoms with Crippen LogP contribution in [0.15, 0.2) is 0 Å². The monoisotopic (exact) mass is 505 g/mol. The maximum absolute atomic E-state index is 8.85. The van der Waals surface area contributed by atoms with E-state index in [1.165, 1.54) is 0 Å². The van der Waals surface area contributed by atoms with Gasteiger partial charge in [-0.3, -0.25) is 0 Å². The molecule has 0 heterocycles. The Morgan fingerprint density at radius 3 is 0.455 bits per heavy atom. The Labute approximate surface area is 146 Å². The van der Waals surface area contributed by atoms with Crippen molar-refractivity contribution < 1.29 is 85.4 Å². The van der Waals surface area contributed by atoms with Crippen LogP contribution < -0.4 is 20.6 Å². The standard InChI is InChI=1S/Cu.4H3NO3S.Ni/c;4*1-5(2,3)4;/h;4*(H3,1,2,3,4);/q+2;;;;;+2/p-4. The van der Waals surface area contributed by atoms with Crippen LogP contribution in [-0.4, -0.2) is 51.9 Å². The van der Waals surface area contributed by atoms with E-state index < -0.39 is 41.2 Å². The van der Waals surface area contributed by atoms with E-state index in [1.54, 1.807) is 0 Å². The first-order chi connectivity index (χ1) is 8.00. The van der Waals surface area contributed by atoms with Crippen molar-refractivity contribution in [3.8, 4) is 0 Å². The Morgan fingerprint density at radius 2 is 0.455 bits per heavy atom. The maximum Gasteiger partial charge on any atom is 2.00 e. The number of hydrogen-bond acceptors (Lipinski definition) is 12. The third-order valence-corrected chi connectivity index (χ3v) is 0. The van der Waals surface area contributed by atoms with Gasteiger partial charge in [0.1, 0.15) is 0 Å². The summed E-state index contributed by atoms with van der Waals surface area (Å²) in [5.41, 5.74) is 0. The van der Waals surface area contributed by atoms with E-state index in [0.717, 1.165) is 0 Å². The molecule has 0 aliphatic carbocycles. The summed E-state index contributed by atoms with van der Waals surface area (Å²) in [6.45, 7) is 0. The molecule has 0 saturated carbocycles. The van der Waals surface area contributed by atoms with Crippen molar-refractivity contribution in [1.29, 1.82) is 0 Å². The second-order valence-corrected chi connectivity index (χ2v) is 5.91.